The van der Waals surface area contributed by atoms with Gasteiger partial charge in [0, 0.05) is 17.0 Å². The highest BCUT2D eigenvalue weighted by atomic mass is 79.9. The molecule has 16 heavy (non-hydrogen) atoms. The third-order valence-corrected chi connectivity index (χ3v) is 2.68. The van der Waals surface area contributed by atoms with Crippen LogP contribution in [0.15, 0.2) is 22.8 Å². The molecule has 6 heteroatoms. The molecule has 1 heterocycles. The number of carboxylic acids is 1. The fourth-order valence-electron chi connectivity index (χ4n) is 1.39. The van der Waals surface area contributed by atoms with Gasteiger partial charge in [-0.2, -0.15) is 0 Å². The average Bonchev–Trinajstić information content (AvgIpc) is 2.25. The van der Waals surface area contributed by atoms with E-state index in [2.05, 4.69) is 20.9 Å². The highest BCUT2D eigenvalue weighted by Crippen LogP contribution is 2.28. The molecular formula is C10H4BrF2NO2. The van der Waals surface area contributed by atoms with Gasteiger partial charge in [0.1, 0.15) is 0 Å². The molecule has 0 bridgehead atoms. The first-order valence-electron chi connectivity index (χ1n) is 4.18. The molecule has 82 valence electrons. The van der Waals surface area contributed by atoms with Crippen LogP contribution < -0.4 is 0 Å². The maximum Gasteiger partial charge on any atom is 0.355 e. The van der Waals surface area contributed by atoms with E-state index in [1.54, 1.807) is 0 Å². The number of halogens is 3. The second kappa shape index (κ2) is 3.79. The summed E-state index contributed by atoms with van der Waals surface area (Å²) in [5.41, 5.74) is -0.308. The summed E-state index contributed by atoms with van der Waals surface area (Å²) >= 11 is 2.81. The SMILES string of the molecule is O=C(O)c1nccc2c(F)c(F)c(Br)cc12. The quantitative estimate of drug-likeness (QED) is 0.821. The molecule has 2 aromatic rings. The molecule has 0 unspecified atom stereocenters. The first-order chi connectivity index (χ1) is 7.52. The normalized spacial score (nSPS) is 10.7. The summed E-state index contributed by atoms with van der Waals surface area (Å²) in [6.07, 6.45) is 1.13. The zero-order valence-electron chi connectivity index (χ0n) is 7.67. The van der Waals surface area contributed by atoms with Crippen molar-refractivity contribution in [3.63, 3.8) is 0 Å². The molecule has 0 saturated heterocycles. The summed E-state index contributed by atoms with van der Waals surface area (Å²) < 4.78 is 26.5. The molecule has 0 radical (unpaired) electrons. The summed E-state index contributed by atoms with van der Waals surface area (Å²) in [6, 6.07) is 2.43. The van der Waals surface area contributed by atoms with Crippen LogP contribution in [-0.4, -0.2) is 16.1 Å². The van der Waals surface area contributed by atoms with Gasteiger partial charge in [0.15, 0.2) is 17.3 Å². The van der Waals surface area contributed by atoms with E-state index in [4.69, 9.17) is 5.11 Å². The van der Waals surface area contributed by atoms with Gasteiger partial charge in [0.2, 0.25) is 0 Å². The number of carbonyl (C=O) groups is 1. The summed E-state index contributed by atoms with van der Waals surface area (Å²) in [5, 5.41) is 8.79. The van der Waals surface area contributed by atoms with E-state index in [-0.39, 0.29) is 20.9 Å². The lowest BCUT2D eigenvalue weighted by Crippen LogP contribution is -2.02. The largest absolute Gasteiger partial charge is 0.476 e. The van der Waals surface area contributed by atoms with Crippen LogP contribution >= 0.6 is 15.9 Å². The van der Waals surface area contributed by atoms with Crippen LogP contribution in [0.4, 0.5) is 8.78 Å². The summed E-state index contributed by atoms with van der Waals surface area (Å²) in [6.45, 7) is 0. The number of pyridine rings is 1. The molecule has 1 aromatic heterocycles. The molecule has 0 atom stereocenters. The van der Waals surface area contributed by atoms with E-state index >= 15 is 0 Å². The molecule has 0 aliphatic heterocycles. The van der Waals surface area contributed by atoms with Crippen LogP contribution in [0.5, 0.6) is 0 Å². The van der Waals surface area contributed by atoms with Crippen molar-refractivity contribution < 1.29 is 18.7 Å². The van der Waals surface area contributed by atoms with Gasteiger partial charge in [-0.1, -0.05) is 0 Å². The molecule has 0 spiro atoms. The molecular weight excluding hydrogens is 284 g/mol. The van der Waals surface area contributed by atoms with E-state index in [0.717, 1.165) is 6.20 Å². The lowest BCUT2D eigenvalue weighted by molar-refractivity contribution is 0.0693. The number of aromatic carboxylic acids is 1. The van der Waals surface area contributed by atoms with E-state index in [1.165, 1.54) is 12.1 Å². The Morgan fingerprint density at radius 1 is 1.31 bits per heavy atom. The van der Waals surface area contributed by atoms with Crippen molar-refractivity contribution in [1.82, 2.24) is 4.98 Å². The van der Waals surface area contributed by atoms with Gasteiger partial charge >= 0.3 is 5.97 Å². The predicted octanol–water partition coefficient (Wildman–Crippen LogP) is 2.97. The summed E-state index contributed by atoms with van der Waals surface area (Å²) in [7, 11) is 0. The molecule has 1 aromatic carbocycles. The highest BCUT2D eigenvalue weighted by Gasteiger charge is 2.17. The third-order valence-electron chi connectivity index (χ3n) is 2.10. The maximum absolute atomic E-state index is 13.5. The maximum atomic E-state index is 13.5. The number of rotatable bonds is 1. The summed E-state index contributed by atoms with van der Waals surface area (Å²) in [5.74, 6) is -3.42. The molecule has 3 nitrogen and oxygen atoms in total. The van der Waals surface area contributed by atoms with Crippen molar-refractivity contribution in [1.29, 1.82) is 0 Å². The Labute approximate surface area is 96.9 Å². The molecule has 1 N–H and O–H groups in total. The second-order valence-corrected chi connectivity index (χ2v) is 3.90. The third kappa shape index (κ3) is 1.55. The minimum atomic E-state index is -1.29. The molecule has 0 aliphatic rings. The van der Waals surface area contributed by atoms with Gasteiger partial charge in [0.05, 0.1) is 4.47 Å². The Bertz CT molecular complexity index is 601. The monoisotopic (exact) mass is 287 g/mol. The van der Waals surface area contributed by atoms with E-state index < -0.39 is 17.6 Å². The number of hydrogen-bond donors (Lipinski definition) is 1. The minimum Gasteiger partial charge on any atom is -0.476 e. The average molecular weight is 288 g/mol. The van der Waals surface area contributed by atoms with Crippen LogP contribution in [0.2, 0.25) is 0 Å². The molecule has 0 amide bonds. The van der Waals surface area contributed by atoms with E-state index in [9.17, 15) is 13.6 Å². The lowest BCUT2D eigenvalue weighted by Gasteiger charge is -2.04. The van der Waals surface area contributed by atoms with E-state index in [0.29, 0.717) is 0 Å². The molecule has 2 rings (SSSR count). The van der Waals surface area contributed by atoms with Crippen LogP contribution in [0, 0.1) is 11.6 Å². The number of nitrogens with zero attached hydrogens (tertiary/aromatic N) is 1. The lowest BCUT2D eigenvalue weighted by atomic mass is 10.1. The predicted molar refractivity (Wildman–Crippen MR) is 56.3 cm³/mol. The summed E-state index contributed by atoms with van der Waals surface area (Å²) in [4.78, 5) is 14.4. The Morgan fingerprint density at radius 2 is 2.00 bits per heavy atom. The van der Waals surface area contributed by atoms with Crippen molar-refractivity contribution in [3.8, 4) is 0 Å². The first kappa shape index (κ1) is 10.9. The topological polar surface area (TPSA) is 50.2 Å². The smallest absolute Gasteiger partial charge is 0.355 e. The first-order valence-corrected chi connectivity index (χ1v) is 4.97. The van der Waals surface area contributed by atoms with Gasteiger partial charge in [0.25, 0.3) is 0 Å². The Morgan fingerprint density at radius 3 is 2.62 bits per heavy atom. The Kier molecular flexibility index (Phi) is 2.59. The molecule has 0 saturated carbocycles. The Balaban J connectivity index is 2.95. The van der Waals surface area contributed by atoms with Gasteiger partial charge in [-0.3, -0.25) is 0 Å². The second-order valence-electron chi connectivity index (χ2n) is 3.05. The van der Waals surface area contributed by atoms with Crippen LogP contribution in [0.25, 0.3) is 10.8 Å². The fraction of sp³-hybridized carbons (Fsp3) is 0. The number of hydrogen-bond acceptors (Lipinski definition) is 2. The zero-order valence-corrected chi connectivity index (χ0v) is 9.25. The van der Waals surface area contributed by atoms with Gasteiger partial charge in [-0.05, 0) is 28.1 Å². The van der Waals surface area contributed by atoms with Crippen molar-refractivity contribution in [2.75, 3.05) is 0 Å². The molecule has 0 aliphatic carbocycles. The number of benzene rings is 1. The zero-order chi connectivity index (χ0) is 11.9. The standard InChI is InChI=1S/C10H4BrF2NO2/c11-6-3-5-4(7(12)8(6)13)1-2-14-9(5)10(15)16/h1-3H,(H,15,16). The van der Waals surface area contributed by atoms with Crippen molar-refractivity contribution in [2.45, 2.75) is 0 Å². The van der Waals surface area contributed by atoms with E-state index in [1.807, 2.05) is 0 Å². The van der Waals surface area contributed by atoms with Gasteiger partial charge < -0.3 is 5.11 Å². The van der Waals surface area contributed by atoms with Crippen molar-refractivity contribution in [2.24, 2.45) is 0 Å². The van der Waals surface area contributed by atoms with Gasteiger partial charge in [-0.15, -0.1) is 0 Å². The van der Waals surface area contributed by atoms with Crippen molar-refractivity contribution in [3.05, 3.63) is 40.1 Å². The van der Waals surface area contributed by atoms with Gasteiger partial charge in [-0.25, -0.2) is 18.6 Å². The molecule has 0 fully saturated rings. The Hall–Kier alpha value is -1.56. The van der Waals surface area contributed by atoms with Crippen LogP contribution in [0.1, 0.15) is 10.5 Å². The highest BCUT2D eigenvalue weighted by molar-refractivity contribution is 9.10. The number of aromatic nitrogens is 1. The minimum absolute atomic E-state index is 0.0563. The van der Waals surface area contributed by atoms with Crippen LogP contribution in [-0.2, 0) is 0 Å². The fourth-order valence-corrected chi connectivity index (χ4v) is 1.80. The van der Waals surface area contributed by atoms with Crippen LogP contribution in [0.3, 0.4) is 0 Å². The number of carboxylic acid groups (broad SMARTS) is 1. The van der Waals surface area contributed by atoms with Crippen molar-refractivity contribution >= 4 is 32.7 Å². The number of fused-ring (bicyclic) bond motifs is 1.